The molecule has 0 aliphatic rings. The Balaban J connectivity index is 1.38. The fourth-order valence-electron chi connectivity index (χ4n) is 3.84. The number of hydrogen-bond acceptors (Lipinski definition) is 4. The van der Waals surface area contributed by atoms with Crippen molar-refractivity contribution < 1.29 is 18.4 Å². The van der Waals surface area contributed by atoms with Crippen LogP contribution < -0.4 is 5.32 Å². The van der Waals surface area contributed by atoms with Gasteiger partial charge in [0.15, 0.2) is 5.78 Å². The van der Waals surface area contributed by atoms with Gasteiger partial charge >= 0.3 is 0 Å². The number of rotatable bonds is 6. The maximum absolute atomic E-state index is 15.0. The van der Waals surface area contributed by atoms with Crippen LogP contribution in [-0.4, -0.2) is 37.5 Å². The van der Waals surface area contributed by atoms with Crippen LogP contribution in [-0.2, 0) is 0 Å². The van der Waals surface area contributed by atoms with E-state index in [0.29, 0.717) is 5.69 Å². The van der Waals surface area contributed by atoms with Gasteiger partial charge < -0.3 is 5.32 Å². The van der Waals surface area contributed by atoms with E-state index in [1.165, 1.54) is 31.2 Å². The number of carbonyl (C=O) groups excluding carboxylic acids is 2. The fourth-order valence-corrected chi connectivity index (χ4v) is 3.84. The van der Waals surface area contributed by atoms with Gasteiger partial charge in [-0.25, -0.2) is 13.8 Å². The summed E-state index contributed by atoms with van der Waals surface area (Å²) in [5.74, 6) is -2.35. The van der Waals surface area contributed by atoms with Crippen LogP contribution in [0.2, 0.25) is 0 Å². The summed E-state index contributed by atoms with van der Waals surface area (Å²) >= 11 is 0. The standard InChI is InChI=1S/C26H19F2N5O2/c1-15(25(34)16-2-5-19(27)6-3-16)32-26(35)21-8-7-20(11-22(21)28)33-14-29-23-9-4-17(10-24(23)33)18-12-30-31-13-18/h2-15H,1H3,(H,30,31)(H,32,35). The van der Waals surface area contributed by atoms with Crippen molar-refractivity contribution in [1.82, 2.24) is 25.1 Å². The first-order chi connectivity index (χ1) is 16.9. The number of aromatic nitrogens is 4. The van der Waals surface area contributed by atoms with Gasteiger partial charge in [-0.2, -0.15) is 5.10 Å². The second-order valence-corrected chi connectivity index (χ2v) is 8.04. The molecule has 2 heterocycles. The summed E-state index contributed by atoms with van der Waals surface area (Å²) in [6.07, 6.45) is 5.06. The van der Waals surface area contributed by atoms with Crippen LogP contribution in [0.1, 0.15) is 27.6 Å². The zero-order valence-electron chi connectivity index (χ0n) is 18.5. The van der Waals surface area contributed by atoms with Crippen molar-refractivity contribution in [3.63, 3.8) is 0 Å². The molecule has 0 spiro atoms. The molecule has 0 aliphatic heterocycles. The van der Waals surface area contributed by atoms with Crippen LogP contribution in [0.5, 0.6) is 0 Å². The second kappa shape index (κ2) is 8.94. The molecule has 1 unspecified atom stereocenters. The van der Waals surface area contributed by atoms with Crippen LogP contribution in [0.3, 0.4) is 0 Å². The molecular formula is C26H19F2N5O2. The fraction of sp³-hybridized carbons (Fsp3) is 0.0769. The molecule has 0 radical (unpaired) electrons. The Morgan fingerprint density at radius 1 is 1.00 bits per heavy atom. The molecule has 1 atom stereocenters. The Hall–Kier alpha value is -4.66. The molecule has 1 amide bonds. The van der Waals surface area contributed by atoms with Crippen LogP contribution in [0, 0.1) is 11.6 Å². The van der Waals surface area contributed by atoms with E-state index in [9.17, 15) is 18.4 Å². The Kier molecular flexibility index (Phi) is 5.66. The minimum absolute atomic E-state index is 0.198. The van der Waals surface area contributed by atoms with Gasteiger partial charge in [-0.05, 0) is 67.1 Å². The lowest BCUT2D eigenvalue weighted by Crippen LogP contribution is -2.38. The summed E-state index contributed by atoms with van der Waals surface area (Å²) in [5, 5.41) is 9.25. The number of carbonyl (C=O) groups is 2. The van der Waals surface area contributed by atoms with E-state index in [2.05, 4.69) is 20.5 Å². The molecule has 174 valence electrons. The van der Waals surface area contributed by atoms with Crippen molar-refractivity contribution in [1.29, 1.82) is 0 Å². The molecule has 0 fully saturated rings. The number of aromatic amines is 1. The van der Waals surface area contributed by atoms with E-state index >= 15 is 0 Å². The number of halogens is 2. The Labute approximate surface area is 198 Å². The molecule has 0 saturated heterocycles. The van der Waals surface area contributed by atoms with Crippen LogP contribution in [0.15, 0.2) is 79.4 Å². The second-order valence-electron chi connectivity index (χ2n) is 8.04. The van der Waals surface area contributed by atoms with E-state index < -0.39 is 29.4 Å². The summed E-state index contributed by atoms with van der Waals surface area (Å²) in [5.41, 5.74) is 3.85. The van der Waals surface area contributed by atoms with E-state index in [1.807, 2.05) is 18.2 Å². The number of hydrogen-bond donors (Lipinski definition) is 2. The third-order valence-corrected chi connectivity index (χ3v) is 5.72. The lowest BCUT2D eigenvalue weighted by atomic mass is 10.0. The minimum Gasteiger partial charge on any atom is -0.342 e. The average Bonchev–Trinajstić information content (AvgIpc) is 3.54. The number of Topliss-reactive ketones (excluding diaryl/α,β-unsaturated/α-hetero) is 1. The van der Waals surface area contributed by atoms with E-state index in [0.717, 1.165) is 34.3 Å². The van der Waals surface area contributed by atoms with Gasteiger partial charge in [0.05, 0.1) is 34.5 Å². The lowest BCUT2D eigenvalue weighted by molar-refractivity contribution is 0.0863. The highest BCUT2D eigenvalue weighted by molar-refractivity contribution is 6.04. The maximum Gasteiger partial charge on any atom is 0.254 e. The van der Waals surface area contributed by atoms with Gasteiger partial charge in [0, 0.05) is 17.3 Å². The molecule has 2 aromatic heterocycles. The number of fused-ring (bicyclic) bond motifs is 1. The van der Waals surface area contributed by atoms with Crippen LogP contribution in [0.25, 0.3) is 27.8 Å². The van der Waals surface area contributed by atoms with E-state index in [4.69, 9.17) is 0 Å². The zero-order valence-corrected chi connectivity index (χ0v) is 18.5. The van der Waals surface area contributed by atoms with Gasteiger partial charge in [-0.3, -0.25) is 19.3 Å². The van der Waals surface area contributed by atoms with Crippen molar-refractivity contribution in [2.24, 2.45) is 0 Å². The van der Waals surface area contributed by atoms with Gasteiger partial charge in [0.2, 0.25) is 0 Å². The number of nitrogens with one attached hydrogen (secondary N) is 2. The summed E-state index contributed by atoms with van der Waals surface area (Å²) in [4.78, 5) is 29.5. The van der Waals surface area contributed by atoms with Crippen molar-refractivity contribution in [3.05, 3.63) is 102 Å². The first-order valence-corrected chi connectivity index (χ1v) is 10.8. The topological polar surface area (TPSA) is 92.7 Å². The van der Waals surface area contributed by atoms with Gasteiger partial charge in [0.1, 0.15) is 18.0 Å². The molecule has 0 aliphatic carbocycles. The first kappa shape index (κ1) is 22.1. The molecule has 3 aromatic carbocycles. The molecule has 9 heteroatoms. The van der Waals surface area contributed by atoms with Gasteiger partial charge in [-0.1, -0.05) is 6.07 Å². The van der Waals surface area contributed by atoms with Crippen molar-refractivity contribution in [2.45, 2.75) is 13.0 Å². The van der Waals surface area contributed by atoms with Crippen LogP contribution in [0.4, 0.5) is 8.78 Å². The highest BCUT2D eigenvalue weighted by atomic mass is 19.1. The quantitative estimate of drug-likeness (QED) is 0.351. The zero-order chi connectivity index (χ0) is 24.5. The highest BCUT2D eigenvalue weighted by Gasteiger charge is 2.21. The number of ketones is 1. The summed E-state index contributed by atoms with van der Waals surface area (Å²) in [7, 11) is 0. The summed E-state index contributed by atoms with van der Waals surface area (Å²) < 4.78 is 29.8. The number of amides is 1. The van der Waals surface area contributed by atoms with Crippen molar-refractivity contribution >= 4 is 22.7 Å². The highest BCUT2D eigenvalue weighted by Crippen LogP contribution is 2.26. The van der Waals surface area contributed by atoms with Gasteiger partial charge in [0.25, 0.3) is 5.91 Å². The molecule has 5 aromatic rings. The molecule has 5 rings (SSSR count). The lowest BCUT2D eigenvalue weighted by Gasteiger charge is -2.14. The molecule has 2 N–H and O–H groups in total. The van der Waals surface area contributed by atoms with Crippen LogP contribution >= 0.6 is 0 Å². The average molecular weight is 471 g/mol. The predicted molar refractivity (Wildman–Crippen MR) is 126 cm³/mol. The molecule has 35 heavy (non-hydrogen) atoms. The minimum atomic E-state index is -0.925. The number of nitrogens with zero attached hydrogens (tertiary/aromatic N) is 3. The third-order valence-electron chi connectivity index (χ3n) is 5.72. The molecule has 0 saturated carbocycles. The van der Waals surface area contributed by atoms with Crippen molar-refractivity contribution in [2.75, 3.05) is 0 Å². The smallest absolute Gasteiger partial charge is 0.254 e. The Bertz CT molecular complexity index is 1540. The third kappa shape index (κ3) is 4.31. The number of imidazole rings is 1. The number of benzene rings is 3. The number of H-pyrrole nitrogens is 1. The Morgan fingerprint density at radius 2 is 1.80 bits per heavy atom. The molecular weight excluding hydrogens is 452 g/mol. The van der Waals surface area contributed by atoms with Gasteiger partial charge in [-0.15, -0.1) is 0 Å². The predicted octanol–water partition coefficient (Wildman–Crippen LogP) is 4.70. The molecule has 7 nitrogen and oxygen atoms in total. The SMILES string of the molecule is CC(NC(=O)c1ccc(-n2cnc3ccc(-c4cn[nH]c4)cc32)cc1F)C(=O)c1ccc(F)cc1. The first-order valence-electron chi connectivity index (χ1n) is 10.8. The summed E-state index contributed by atoms with van der Waals surface area (Å²) in [6.45, 7) is 1.49. The Morgan fingerprint density at radius 3 is 2.51 bits per heavy atom. The van der Waals surface area contributed by atoms with E-state index in [1.54, 1.807) is 29.4 Å². The maximum atomic E-state index is 15.0. The molecule has 0 bridgehead atoms. The summed E-state index contributed by atoms with van der Waals surface area (Å²) in [6, 6.07) is 14.0. The largest absolute Gasteiger partial charge is 0.342 e. The van der Waals surface area contributed by atoms with Crippen molar-refractivity contribution in [3.8, 4) is 16.8 Å². The normalized spacial score (nSPS) is 12.0. The van der Waals surface area contributed by atoms with E-state index in [-0.39, 0.29) is 11.1 Å². The monoisotopic (exact) mass is 471 g/mol.